The van der Waals surface area contributed by atoms with Crippen LogP contribution in [0.4, 0.5) is 0 Å². The first-order valence-corrected chi connectivity index (χ1v) is 13.2. The average molecular weight is 291 g/mol. The van der Waals surface area contributed by atoms with Gasteiger partial charge in [-0.3, -0.25) is 9.59 Å². The molecule has 0 aromatic carbocycles. The van der Waals surface area contributed by atoms with Gasteiger partial charge in [0.25, 0.3) is 11.9 Å². The van der Waals surface area contributed by atoms with Crippen LogP contribution in [0.25, 0.3) is 0 Å². The molecular weight excluding hydrogens is 264 g/mol. The van der Waals surface area contributed by atoms with Gasteiger partial charge in [-0.25, -0.2) is 0 Å². The van der Waals surface area contributed by atoms with Crippen LogP contribution in [0.5, 0.6) is 0 Å². The number of rotatable bonds is 6. The third-order valence-corrected chi connectivity index (χ3v) is 3.66. The highest BCUT2D eigenvalue weighted by molar-refractivity contribution is 6.71. The van der Waals surface area contributed by atoms with Gasteiger partial charge < -0.3 is 8.85 Å². The lowest BCUT2D eigenvalue weighted by Gasteiger charge is -2.21. The summed E-state index contributed by atoms with van der Waals surface area (Å²) < 4.78 is 10.7. The molecule has 0 radical (unpaired) electrons. The fraction of sp³-hybridized carbons (Fsp3) is 0.833. The van der Waals surface area contributed by atoms with Crippen LogP contribution in [0.15, 0.2) is 0 Å². The molecule has 0 fully saturated rings. The van der Waals surface area contributed by atoms with Crippen molar-refractivity contribution in [3.05, 3.63) is 0 Å². The maximum Gasteiger partial charge on any atom is 0.295 e. The molecule has 0 spiro atoms. The second-order valence-electron chi connectivity index (χ2n) is 6.56. The predicted molar refractivity (Wildman–Crippen MR) is 77.3 cm³/mol. The summed E-state index contributed by atoms with van der Waals surface area (Å²) >= 11 is 0. The van der Waals surface area contributed by atoms with Gasteiger partial charge in [0.1, 0.15) is 0 Å². The summed E-state index contributed by atoms with van der Waals surface area (Å²) in [6, 6.07) is 0. The molecule has 0 heterocycles. The number of hydrogen-bond acceptors (Lipinski definition) is 4. The van der Waals surface area contributed by atoms with Gasteiger partial charge in [-0.15, -0.1) is 0 Å². The predicted octanol–water partition coefficient (Wildman–Crippen LogP) is 3.16. The van der Waals surface area contributed by atoms with E-state index >= 15 is 0 Å². The van der Waals surface area contributed by atoms with Crippen molar-refractivity contribution in [3.63, 3.8) is 0 Å². The van der Waals surface area contributed by atoms with Crippen LogP contribution >= 0.6 is 0 Å². The monoisotopic (exact) mass is 290 g/mol. The molecule has 0 bridgehead atoms. The molecule has 0 aromatic heterocycles. The van der Waals surface area contributed by atoms with Crippen LogP contribution < -0.4 is 0 Å². The molecule has 1 unspecified atom stereocenters. The molecule has 1 atom stereocenters. The smallest absolute Gasteiger partial charge is 0.295 e. The summed E-state index contributed by atoms with van der Waals surface area (Å²) in [5.41, 5.74) is 0. The van der Waals surface area contributed by atoms with Gasteiger partial charge >= 0.3 is 0 Å². The number of carbonyl (C=O) groups excluding carboxylic acids is 2. The van der Waals surface area contributed by atoms with Crippen LogP contribution in [0.3, 0.4) is 0 Å². The van der Waals surface area contributed by atoms with E-state index in [9.17, 15) is 9.59 Å². The fourth-order valence-electron chi connectivity index (χ4n) is 1.25. The van der Waals surface area contributed by atoms with Crippen LogP contribution in [0.1, 0.15) is 19.8 Å². The molecule has 0 rings (SSSR count). The van der Waals surface area contributed by atoms with Crippen molar-refractivity contribution >= 4 is 28.6 Å². The van der Waals surface area contributed by atoms with E-state index in [-0.39, 0.29) is 24.3 Å². The summed E-state index contributed by atoms with van der Waals surface area (Å²) in [5.74, 6) is -0.650. The maximum absolute atomic E-state index is 11.7. The second-order valence-corrected chi connectivity index (χ2v) is 15.4. The first-order valence-electron chi connectivity index (χ1n) is 6.35. The first-order chi connectivity index (χ1) is 7.91. The van der Waals surface area contributed by atoms with E-state index in [1.165, 1.54) is 0 Å². The van der Waals surface area contributed by atoms with Crippen LogP contribution in [0.2, 0.25) is 39.3 Å². The van der Waals surface area contributed by atoms with Gasteiger partial charge in [0.2, 0.25) is 16.6 Å². The molecule has 4 nitrogen and oxygen atoms in total. The van der Waals surface area contributed by atoms with Crippen molar-refractivity contribution in [3.8, 4) is 0 Å². The minimum atomic E-state index is -1.84. The van der Waals surface area contributed by atoms with Crippen molar-refractivity contribution in [2.75, 3.05) is 0 Å². The average Bonchev–Trinajstić information content (AvgIpc) is 2.08. The summed E-state index contributed by atoms with van der Waals surface area (Å²) in [7, 11) is -3.65. The van der Waals surface area contributed by atoms with E-state index in [4.69, 9.17) is 8.85 Å². The lowest BCUT2D eigenvalue weighted by molar-refractivity contribution is -0.140. The van der Waals surface area contributed by atoms with Crippen LogP contribution in [-0.2, 0) is 18.4 Å². The van der Waals surface area contributed by atoms with E-state index < -0.39 is 16.6 Å². The highest BCUT2D eigenvalue weighted by Crippen LogP contribution is 2.14. The van der Waals surface area contributed by atoms with Gasteiger partial charge in [0.05, 0.1) is 5.92 Å². The van der Waals surface area contributed by atoms with E-state index in [2.05, 4.69) is 0 Å². The zero-order chi connectivity index (χ0) is 14.6. The Morgan fingerprint density at radius 1 is 0.944 bits per heavy atom. The third-order valence-electron chi connectivity index (χ3n) is 2.01. The molecule has 0 aliphatic carbocycles. The van der Waals surface area contributed by atoms with Crippen molar-refractivity contribution < 1.29 is 18.4 Å². The van der Waals surface area contributed by atoms with Gasteiger partial charge in [-0.1, -0.05) is 6.92 Å². The van der Waals surface area contributed by atoms with Crippen molar-refractivity contribution in [2.24, 2.45) is 5.92 Å². The Morgan fingerprint density at radius 3 is 1.78 bits per heavy atom. The number of hydrogen-bond donors (Lipinski definition) is 0. The Labute approximate surface area is 112 Å². The quantitative estimate of drug-likeness (QED) is 0.705. The SMILES string of the molecule is CC(CCC(=O)O[Si](C)(C)C)C(=O)O[Si](C)(C)C. The molecule has 0 N–H and O–H groups in total. The highest BCUT2D eigenvalue weighted by atomic mass is 28.4. The molecule has 106 valence electrons. The lowest BCUT2D eigenvalue weighted by Crippen LogP contribution is -2.33. The third kappa shape index (κ3) is 9.41. The molecule has 0 saturated carbocycles. The van der Waals surface area contributed by atoms with Crippen LogP contribution in [-0.4, -0.2) is 28.6 Å². The Morgan fingerprint density at radius 2 is 1.39 bits per heavy atom. The maximum atomic E-state index is 11.7. The molecule has 0 aliphatic rings. The first kappa shape index (κ1) is 17.4. The summed E-state index contributed by atoms with van der Waals surface area (Å²) in [6.45, 7) is 13.6. The molecule has 0 saturated heterocycles. The van der Waals surface area contributed by atoms with Crippen molar-refractivity contribution in [2.45, 2.75) is 59.0 Å². The van der Waals surface area contributed by atoms with E-state index in [1.54, 1.807) is 6.92 Å². The number of carbonyl (C=O) groups is 2. The lowest BCUT2D eigenvalue weighted by atomic mass is 10.1. The van der Waals surface area contributed by atoms with E-state index in [1.807, 2.05) is 39.3 Å². The topological polar surface area (TPSA) is 52.6 Å². The van der Waals surface area contributed by atoms with Crippen molar-refractivity contribution in [1.29, 1.82) is 0 Å². The molecule has 0 amide bonds. The van der Waals surface area contributed by atoms with Crippen LogP contribution in [0, 0.1) is 5.92 Å². The van der Waals surface area contributed by atoms with E-state index in [0.717, 1.165) is 0 Å². The molecule has 0 aliphatic heterocycles. The van der Waals surface area contributed by atoms with Gasteiger partial charge in [-0.2, -0.15) is 0 Å². The largest absolute Gasteiger partial charge is 0.520 e. The van der Waals surface area contributed by atoms with Gasteiger partial charge in [-0.05, 0) is 45.7 Å². The minimum absolute atomic E-state index is 0.199. The minimum Gasteiger partial charge on any atom is -0.520 e. The van der Waals surface area contributed by atoms with Gasteiger partial charge in [0, 0.05) is 6.42 Å². The fourth-order valence-corrected chi connectivity index (χ4v) is 2.84. The zero-order valence-electron chi connectivity index (χ0n) is 12.6. The Hall–Kier alpha value is -0.626. The molecule has 0 aromatic rings. The highest BCUT2D eigenvalue weighted by Gasteiger charge is 2.25. The van der Waals surface area contributed by atoms with Crippen molar-refractivity contribution in [1.82, 2.24) is 0 Å². The Bertz CT molecular complexity index is 302. The molecular formula is C12H26O4Si2. The second kappa shape index (κ2) is 6.51. The molecule has 6 heteroatoms. The standard InChI is InChI=1S/C12H26O4Si2/c1-10(12(14)16-18(5,6)7)8-9-11(13)15-17(2,3)4/h10H,8-9H2,1-7H3. The Balaban J connectivity index is 4.07. The van der Waals surface area contributed by atoms with Gasteiger partial charge in [0.15, 0.2) is 0 Å². The summed E-state index contributed by atoms with van der Waals surface area (Å²) in [5, 5.41) is 0. The normalized spacial score (nSPS) is 13.9. The Kier molecular flexibility index (Phi) is 6.29. The summed E-state index contributed by atoms with van der Waals surface area (Å²) in [4.78, 5) is 23.3. The summed E-state index contributed by atoms with van der Waals surface area (Å²) in [6.07, 6.45) is 0.777. The van der Waals surface area contributed by atoms with E-state index in [0.29, 0.717) is 6.42 Å². The zero-order valence-corrected chi connectivity index (χ0v) is 14.6. The molecule has 18 heavy (non-hydrogen) atoms.